The van der Waals surface area contributed by atoms with Crippen molar-refractivity contribution in [2.24, 2.45) is 0 Å². The Labute approximate surface area is 259 Å². The van der Waals surface area contributed by atoms with Gasteiger partial charge in [0, 0.05) is 12.3 Å². The van der Waals surface area contributed by atoms with E-state index in [1.165, 1.54) is 32.1 Å². The van der Waals surface area contributed by atoms with E-state index in [9.17, 15) is 23.9 Å². The fourth-order valence-corrected chi connectivity index (χ4v) is 2.94. The second-order valence-electron chi connectivity index (χ2n) is 7.16. The summed E-state index contributed by atoms with van der Waals surface area (Å²) in [5, 5.41) is 0. The van der Waals surface area contributed by atoms with E-state index >= 15 is 0 Å². The van der Waals surface area contributed by atoms with Gasteiger partial charge in [0.15, 0.2) is 6.10 Å². The molecule has 0 unspecified atom stereocenters. The number of rotatable bonds is 16. The van der Waals surface area contributed by atoms with Crippen molar-refractivity contribution in [1.82, 2.24) is 0 Å². The first-order valence-electron chi connectivity index (χ1n) is 11.2. The van der Waals surface area contributed by atoms with Crippen molar-refractivity contribution < 1.29 is 97.1 Å². The van der Waals surface area contributed by atoms with Crippen LogP contribution in [0.3, 0.4) is 0 Å². The summed E-state index contributed by atoms with van der Waals surface area (Å²) < 4.78 is 24.8. The van der Waals surface area contributed by atoms with Crippen LogP contribution in [0.1, 0.15) is 78.1 Å². The van der Waals surface area contributed by atoms with Crippen LogP contribution in [0.25, 0.3) is 0 Å². The molecular weight excluding hydrogens is 505 g/mol. The number of hydrogen-bond acceptors (Lipinski definition) is 8. The molecule has 0 rings (SSSR count). The summed E-state index contributed by atoms with van der Waals surface area (Å²) in [6.07, 6.45) is 8.56. The van der Waals surface area contributed by atoms with Gasteiger partial charge >= 0.3 is 71.1 Å². The van der Waals surface area contributed by atoms with E-state index in [-0.39, 0.29) is 65.5 Å². The Bertz CT molecular complexity index is 917. The second kappa shape index (κ2) is 27.3. The maximum absolute atomic E-state index is 12.0. The van der Waals surface area contributed by atoms with E-state index < -0.39 is 39.1 Å². The van der Waals surface area contributed by atoms with Gasteiger partial charge in [-0.3, -0.25) is 4.79 Å². The van der Waals surface area contributed by atoms with Crippen molar-refractivity contribution in [2.45, 2.75) is 84.2 Å². The van der Waals surface area contributed by atoms with Crippen LogP contribution < -0.4 is 68.9 Å². The quantitative estimate of drug-likeness (QED) is 0.0492. The van der Waals surface area contributed by atoms with Gasteiger partial charge in [-0.1, -0.05) is 64.2 Å². The summed E-state index contributed by atoms with van der Waals surface area (Å²) in [6.45, 7) is 2.50. The zero-order chi connectivity index (χ0) is 25.5. The average Bonchev–Trinajstić information content (AvgIpc) is 2.78. The Morgan fingerprint density at radius 2 is 1.33 bits per heavy atom. The summed E-state index contributed by atoms with van der Waals surface area (Å²) in [7, 11) is -5.29. The molecule has 0 amide bonds. The van der Waals surface area contributed by atoms with E-state index in [4.69, 9.17) is 9.47 Å². The third kappa shape index (κ3) is 29.5. The third-order valence-corrected chi connectivity index (χ3v) is 4.67. The Balaban J connectivity index is -0.00000544. The topological polar surface area (TPSA) is 125 Å². The number of phosphoric acid groups is 1. The number of ether oxygens (including phenoxy) is 2. The first-order valence-corrected chi connectivity index (χ1v) is 12.7. The number of esters is 2. The van der Waals surface area contributed by atoms with Crippen molar-refractivity contribution in [3.63, 3.8) is 0 Å². The molecule has 0 aromatic rings. The zero-order valence-electron chi connectivity index (χ0n) is 21.8. The van der Waals surface area contributed by atoms with Crippen LogP contribution in [0.15, 0.2) is 0 Å². The smallest absolute Gasteiger partial charge is 0.790 e. The first kappa shape index (κ1) is 39.8. The summed E-state index contributed by atoms with van der Waals surface area (Å²) >= 11 is 0. The van der Waals surface area contributed by atoms with Crippen LogP contribution in [0.2, 0.25) is 0 Å². The van der Waals surface area contributed by atoms with Crippen LogP contribution in [0.4, 0.5) is 0 Å². The molecule has 0 radical (unpaired) electrons. The molecule has 36 heavy (non-hydrogen) atoms. The fraction of sp³-hybridized carbons (Fsp3) is 0.600. The van der Waals surface area contributed by atoms with Crippen LogP contribution in [0, 0.1) is 47.4 Å². The molecule has 0 bridgehead atoms. The molecule has 0 aliphatic carbocycles. The van der Waals surface area contributed by atoms with Crippen LogP contribution in [-0.2, 0) is 28.2 Å². The Kier molecular flexibility index (Phi) is 30.2. The average molecular weight is 536 g/mol. The van der Waals surface area contributed by atoms with Gasteiger partial charge in [-0.2, -0.15) is 0 Å². The minimum absolute atomic E-state index is 0. The number of unbranched alkanes of at least 4 members (excludes halogenated alkanes) is 8. The molecule has 0 saturated heterocycles. The van der Waals surface area contributed by atoms with Gasteiger partial charge in [0.2, 0.25) is 0 Å². The number of carbonyl (C=O) groups is 2. The second-order valence-corrected chi connectivity index (χ2v) is 8.31. The predicted molar refractivity (Wildman–Crippen MR) is 123 cm³/mol. The van der Waals surface area contributed by atoms with Gasteiger partial charge in [-0.15, -0.1) is 0 Å². The van der Waals surface area contributed by atoms with E-state index in [1.54, 1.807) is 6.92 Å². The van der Waals surface area contributed by atoms with Crippen LogP contribution in [0.5, 0.6) is 0 Å². The van der Waals surface area contributed by atoms with E-state index in [0.29, 0.717) is 6.42 Å². The SMILES string of the molecule is CC#CC#CC#CC#CC(=O)OC[C@H](COP(=O)([O-])[O-])OC(=O)CCCCCCCCCCC.[Na+].[Na+]. The van der Waals surface area contributed by atoms with Crippen LogP contribution >= 0.6 is 7.82 Å². The molecule has 0 spiro atoms. The van der Waals surface area contributed by atoms with Crippen molar-refractivity contribution in [3.05, 3.63) is 0 Å². The van der Waals surface area contributed by atoms with Gasteiger partial charge in [-0.05, 0) is 48.9 Å². The molecule has 0 saturated carbocycles. The van der Waals surface area contributed by atoms with Gasteiger partial charge in [0.05, 0.1) is 14.4 Å². The molecule has 0 aromatic carbocycles. The molecule has 0 N–H and O–H groups in total. The summed E-state index contributed by atoms with van der Waals surface area (Å²) in [5.41, 5.74) is 0. The summed E-state index contributed by atoms with van der Waals surface area (Å²) in [6, 6.07) is 0. The largest absolute Gasteiger partial charge is 1.00 e. The van der Waals surface area contributed by atoms with Crippen molar-refractivity contribution in [1.29, 1.82) is 0 Å². The molecule has 0 aliphatic rings. The third-order valence-electron chi connectivity index (χ3n) is 4.20. The van der Waals surface area contributed by atoms with E-state index in [2.05, 4.69) is 58.8 Å². The Hall–Kier alpha value is -0.710. The summed E-state index contributed by atoms with van der Waals surface area (Å²) in [4.78, 5) is 45.1. The first-order chi connectivity index (χ1) is 16.3. The fourth-order valence-electron chi connectivity index (χ4n) is 2.59. The van der Waals surface area contributed by atoms with E-state index in [1.807, 2.05) is 0 Å². The van der Waals surface area contributed by atoms with Crippen molar-refractivity contribution in [2.75, 3.05) is 13.2 Å². The number of hydrogen-bond donors (Lipinski definition) is 0. The molecule has 0 heterocycles. The zero-order valence-corrected chi connectivity index (χ0v) is 26.7. The molecule has 11 heteroatoms. The van der Waals surface area contributed by atoms with Gasteiger partial charge < -0.3 is 28.3 Å². The normalized spacial score (nSPS) is 10.0. The number of phosphoric ester groups is 1. The molecule has 0 aromatic heterocycles. The molecule has 186 valence electrons. The molecular formula is C25H31Na2O8P. The van der Waals surface area contributed by atoms with E-state index in [0.717, 1.165) is 19.3 Å². The maximum Gasteiger partial charge on any atom is 1.00 e. The van der Waals surface area contributed by atoms with Crippen LogP contribution in [-0.4, -0.2) is 31.3 Å². The monoisotopic (exact) mass is 536 g/mol. The van der Waals surface area contributed by atoms with Gasteiger partial charge in [-0.25, -0.2) is 4.79 Å². The predicted octanol–water partition coefficient (Wildman–Crippen LogP) is -3.75. The molecule has 1 atom stereocenters. The molecule has 8 nitrogen and oxygen atoms in total. The van der Waals surface area contributed by atoms with Crippen molar-refractivity contribution >= 4 is 19.8 Å². The standard InChI is InChI=1S/C25H33O8P.2Na/c1-3-5-7-9-11-12-14-16-18-20-25(27)33-23(22-32-34(28,29)30)21-31-24(26)19-17-15-13-10-8-6-4-2;;/h23H,3,5,7,9,11-12,14,16,18,20-22H2,1-2H3,(H2,28,29,30);;/q;2*+1/p-2/t23-;;/m1../s1. The molecule has 0 fully saturated rings. The van der Waals surface area contributed by atoms with Gasteiger partial charge in [0.25, 0.3) is 0 Å². The van der Waals surface area contributed by atoms with Gasteiger partial charge in [0.1, 0.15) is 6.61 Å². The number of carbonyl (C=O) groups excluding carboxylic acids is 2. The summed E-state index contributed by atoms with van der Waals surface area (Å²) in [5.74, 6) is 17.3. The maximum atomic E-state index is 12.0. The molecule has 0 aliphatic heterocycles. The Morgan fingerprint density at radius 1 is 0.806 bits per heavy atom. The van der Waals surface area contributed by atoms with Crippen molar-refractivity contribution in [3.8, 4) is 47.4 Å². The Morgan fingerprint density at radius 3 is 1.89 bits per heavy atom. The minimum atomic E-state index is -5.29. The minimum Gasteiger partial charge on any atom is -0.790 e.